The molecule has 7 nitrogen and oxygen atoms in total. The molecule has 9 heteroatoms. The molecule has 2 bridgehead atoms. The Hall–Kier alpha value is -3.04. The summed E-state index contributed by atoms with van der Waals surface area (Å²) in [5.41, 5.74) is 1.21. The zero-order chi connectivity index (χ0) is 24.7. The van der Waals surface area contributed by atoms with Gasteiger partial charge >= 0.3 is 5.97 Å². The minimum atomic E-state index is -1.08. The summed E-state index contributed by atoms with van der Waals surface area (Å²) in [4.78, 5) is 26.8. The van der Waals surface area contributed by atoms with E-state index in [1.165, 1.54) is 30.7 Å². The molecule has 3 fully saturated rings. The molecule has 3 aliphatic rings. The molecule has 1 aromatic heterocycles. The average molecular weight is 512 g/mol. The van der Waals surface area contributed by atoms with E-state index in [1.54, 1.807) is 49.5 Å². The van der Waals surface area contributed by atoms with Crippen LogP contribution >= 0.6 is 24.0 Å². The van der Waals surface area contributed by atoms with Crippen molar-refractivity contribution in [3.63, 3.8) is 0 Å². The fourth-order valence-corrected chi connectivity index (χ4v) is 6.71. The third kappa shape index (κ3) is 4.50. The maximum Gasteiger partial charge on any atom is 0.328 e. The largest absolute Gasteiger partial charge is 0.497 e. The van der Waals surface area contributed by atoms with Crippen LogP contribution < -0.4 is 9.47 Å². The Kier molecular flexibility index (Phi) is 6.46. The maximum absolute atomic E-state index is 13.4. The first kappa shape index (κ1) is 23.7. The maximum atomic E-state index is 13.4. The number of hydrogen-bond donors (Lipinski definition) is 1. The highest BCUT2D eigenvalue weighted by Crippen LogP contribution is 2.49. The van der Waals surface area contributed by atoms with Crippen LogP contribution in [-0.4, -0.2) is 46.5 Å². The second kappa shape index (κ2) is 9.54. The highest BCUT2D eigenvalue weighted by atomic mass is 32.2. The van der Waals surface area contributed by atoms with Gasteiger partial charge in [-0.2, -0.15) is 0 Å². The van der Waals surface area contributed by atoms with Crippen LogP contribution in [0.3, 0.4) is 0 Å². The van der Waals surface area contributed by atoms with Crippen molar-refractivity contribution in [1.82, 2.24) is 4.90 Å². The summed E-state index contributed by atoms with van der Waals surface area (Å²) in [6, 6.07) is 7.23. The van der Waals surface area contributed by atoms with Gasteiger partial charge in [0.25, 0.3) is 5.91 Å². The molecule has 1 N–H and O–H groups in total. The average Bonchev–Trinajstić information content (AvgIpc) is 3.62. The molecule has 2 heterocycles. The molecule has 1 aliphatic heterocycles. The van der Waals surface area contributed by atoms with Gasteiger partial charge in [-0.05, 0) is 55.4 Å². The van der Waals surface area contributed by atoms with Gasteiger partial charge in [-0.25, -0.2) is 4.79 Å². The van der Waals surface area contributed by atoms with Crippen LogP contribution in [0.2, 0.25) is 0 Å². The minimum absolute atomic E-state index is 0.106. The monoisotopic (exact) mass is 511 g/mol. The summed E-state index contributed by atoms with van der Waals surface area (Å²) in [5, 5.41) is 9.15. The molecule has 1 aromatic carbocycles. The molecule has 2 aliphatic carbocycles. The number of rotatable bonds is 7. The number of thioether (sulfide) groups is 1. The van der Waals surface area contributed by atoms with Gasteiger partial charge < -0.3 is 19.0 Å². The standard InChI is InChI=1S/C26H25NO6S2/c1-31-17-6-7-18(21(12-17)32-2)22-11-16(5-8-24(28)29)20(33-22)13-23-25(30)27(26(34)35-23)19-10-14-3-4-15(19)9-14/h5-8,11-15,19H,3-4,9-10H2,1-2H3,(H,28,29)/b8-5+,23-13-. The number of nitrogens with zero attached hydrogens (tertiary/aromatic N) is 1. The van der Waals surface area contributed by atoms with Crippen LogP contribution in [-0.2, 0) is 9.59 Å². The lowest BCUT2D eigenvalue weighted by Crippen LogP contribution is -2.41. The lowest BCUT2D eigenvalue weighted by Gasteiger charge is -2.30. The summed E-state index contributed by atoms with van der Waals surface area (Å²) in [6.07, 6.45) is 8.74. The first-order chi connectivity index (χ1) is 16.9. The number of methoxy groups -OCH3 is 2. The Morgan fingerprint density at radius 2 is 2.06 bits per heavy atom. The number of benzene rings is 1. The van der Waals surface area contributed by atoms with Gasteiger partial charge in [0.05, 0.1) is 24.7 Å². The Morgan fingerprint density at radius 1 is 1.23 bits per heavy atom. The lowest BCUT2D eigenvalue weighted by molar-refractivity contribution is -0.131. The number of thiocarbonyl (C=S) groups is 1. The lowest BCUT2D eigenvalue weighted by atomic mass is 9.94. The third-order valence-electron chi connectivity index (χ3n) is 6.99. The van der Waals surface area contributed by atoms with Crippen molar-refractivity contribution in [3.8, 4) is 22.8 Å². The van der Waals surface area contributed by atoms with Gasteiger partial charge in [-0.1, -0.05) is 30.4 Å². The summed E-state index contributed by atoms with van der Waals surface area (Å²) < 4.78 is 17.5. The number of ether oxygens (including phenoxy) is 2. The number of amides is 1. The van der Waals surface area contributed by atoms with Crippen molar-refractivity contribution in [1.29, 1.82) is 0 Å². The topological polar surface area (TPSA) is 89.2 Å². The van der Waals surface area contributed by atoms with Gasteiger partial charge in [0.1, 0.15) is 27.3 Å². The van der Waals surface area contributed by atoms with Crippen molar-refractivity contribution < 1.29 is 28.6 Å². The van der Waals surface area contributed by atoms with E-state index in [1.807, 2.05) is 0 Å². The van der Waals surface area contributed by atoms with E-state index >= 15 is 0 Å². The summed E-state index contributed by atoms with van der Waals surface area (Å²) >= 11 is 6.87. The number of carboxylic acids is 1. The third-order valence-corrected chi connectivity index (χ3v) is 8.32. The number of carbonyl (C=O) groups excluding carboxylic acids is 1. The van der Waals surface area contributed by atoms with Gasteiger partial charge in [0, 0.05) is 29.8 Å². The summed E-state index contributed by atoms with van der Waals surface area (Å²) in [5.74, 6) is 2.06. The highest BCUT2D eigenvalue weighted by molar-refractivity contribution is 8.26. The Balaban J connectivity index is 1.50. The molecular weight excluding hydrogens is 486 g/mol. The van der Waals surface area contributed by atoms with Crippen LogP contribution in [0.15, 0.2) is 39.7 Å². The SMILES string of the molecule is COc1ccc(-c2cc(/C=C/C(=O)O)c(/C=C3\SC(=S)N(C4CC5CCC4C5)C3=O)o2)c(OC)c1. The van der Waals surface area contributed by atoms with Gasteiger partial charge in [0.2, 0.25) is 0 Å². The number of fused-ring (bicyclic) bond motifs is 2. The fraction of sp³-hybridized carbons (Fsp3) is 0.346. The van der Waals surface area contributed by atoms with Crippen LogP contribution in [0, 0.1) is 11.8 Å². The zero-order valence-electron chi connectivity index (χ0n) is 19.4. The molecule has 3 atom stereocenters. The van der Waals surface area contributed by atoms with E-state index in [0.717, 1.165) is 18.9 Å². The Labute approximate surface area is 212 Å². The summed E-state index contributed by atoms with van der Waals surface area (Å²) in [7, 11) is 3.12. The molecule has 5 rings (SSSR count). The molecule has 0 radical (unpaired) electrons. The molecule has 2 saturated carbocycles. The van der Waals surface area contributed by atoms with Crippen molar-refractivity contribution in [2.24, 2.45) is 11.8 Å². The number of aliphatic carboxylic acids is 1. The Morgan fingerprint density at radius 3 is 2.71 bits per heavy atom. The van der Waals surface area contributed by atoms with Crippen LogP contribution in [0.4, 0.5) is 0 Å². The minimum Gasteiger partial charge on any atom is -0.497 e. The fourth-order valence-electron chi connectivity index (χ4n) is 5.37. The molecule has 3 unspecified atom stereocenters. The number of hydrogen-bond acceptors (Lipinski definition) is 7. The first-order valence-corrected chi connectivity index (χ1v) is 12.6. The van der Waals surface area contributed by atoms with Gasteiger partial charge in [-0.15, -0.1) is 0 Å². The van der Waals surface area contributed by atoms with E-state index in [2.05, 4.69) is 0 Å². The molecule has 35 heavy (non-hydrogen) atoms. The highest BCUT2D eigenvalue weighted by Gasteiger charge is 2.48. The van der Waals surface area contributed by atoms with Crippen molar-refractivity contribution in [2.75, 3.05) is 14.2 Å². The van der Waals surface area contributed by atoms with E-state index in [4.69, 9.17) is 31.2 Å². The van der Waals surface area contributed by atoms with E-state index < -0.39 is 5.97 Å². The molecule has 2 aromatic rings. The second-order valence-corrected chi connectivity index (χ2v) is 10.6. The molecule has 1 saturated heterocycles. The van der Waals surface area contributed by atoms with Gasteiger partial charge in [-0.3, -0.25) is 9.69 Å². The number of furan rings is 1. The smallest absolute Gasteiger partial charge is 0.328 e. The number of carbonyl (C=O) groups is 2. The Bertz CT molecular complexity index is 1260. The predicted octanol–water partition coefficient (Wildman–Crippen LogP) is 5.45. The van der Waals surface area contributed by atoms with Crippen molar-refractivity contribution in [2.45, 2.75) is 31.7 Å². The first-order valence-electron chi connectivity index (χ1n) is 11.4. The zero-order valence-corrected chi connectivity index (χ0v) is 21.0. The van der Waals surface area contributed by atoms with E-state index in [-0.39, 0.29) is 11.9 Å². The van der Waals surface area contributed by atoms with Crippen molar-refractivity contribution in [3.05, 3.63) is 46.6 Å². The van der Waals surface area contributed by atoms with Gasteiger partial charge in [0.15, 0.2) is 0 Å². The normalized spacial score (nSPS) is 24.8. The number of carboxylic acid groups (broad SMARTS) is 1. The molecule has 1 amide bonds. The van der Waals surface area contributed by atoms with E-state index in [9.17, 15) is 9.59 Å². The molecule has 182 valence electrons. The van der Waals surface area contributed by atoms with Crippen LogP contribution in [0.1, 0.15) is 37.0 Å². The molecular formula is C26H25NO6S2. The predicted molar refractivity (Wildman–Crippen MR) is 138 cm³/mol. The van der Waals surface area contributed by atoms with E-state index in [0.29, 0.717) is 55.2 Å². The molecule has 0 spiro atoms. The van der Waals surface area contributed by atoms with Crippen LogP contribution in [0.25, 0.3) is 23.5 Å². The second-order valence-electron chi connectivity index (χ2n) is 8.96. The van der Waals surface area contributed by atoms with Crippen molar-refractivity contribution >= 4 is 52.3 Å². The quantitative estimate of drug-likeness (QED) is 0.388. The summed E-state index contributed by atoms with van der Waals surface area (Å²) in [6.45, 7) is 0. The van der Waals surface area contributed by atoms with Crippen LogP contribution in [0.5, 0.6) is 11.5 Å².